The second kappa shape index (κ2) is 8.33. The Balaban J connectivity index is 2.09. The number of hydrogen-bond donors (Lipinski definition) is 2. The van der Waals surface area contributed by atoms with Crippen molar-refractivity contribution in [3.63, 3.8) is 0 Å². The van der Waals surface area contributed by atoms with Crippen LogP contribution in [0.3, 0.4) is 0 Å². The Bertz CT molecular complexity index is 745. The van der Waals surface area contributed by atoms with Gasteiger partial charge in [-0.25, -0.2) is 8.42 Å². The number of phenolic OH excluding ortho intramolecular Hbond substituents is 1. The molecule has 1 fully saturated rings. The molecule has 1 saturated heterocycles. The number of nitrogens with one attached hydrogen (secondary N) is 1. The summed E-state index contributed by atoms with van der Waals surface area (Å²) in [5, 5.41) is 12.4. The molecule has 25 heavy (non-hydrogen) atoms. The maximum atomic E-state index is 12.2. The summed E-state index contributed by atoms with van der Waals surface area (Å²) in [5.74, 6) is -0.813. The number of benzene rings is 1. The molecule has 1 aromatic carbocycles. The van der Waals surface area contributed by atoms with Crippen molar-refractivity contribution in [3.05, 3.63) is 18.2 Å². The minimum Gasteiger partial charge on any atom is -0.506 e. The Morgan fingerprint density at radius 2 is 1.96 bits per heavy atom. The molecule has 1 heterocycles. The zero-order valence-electron chi connectivity index (χ0n) is 14.3. The summed E-state index contributed by atoms with van der Waals surface area (Å²) in [5.41, 5.74) is 0.0269. The highest BCUT2D eigenvalue weighted by Gasteiger charge is 2.20. The molecule has 0 spiro atoms. The maximum Gasteiger partial charge on any atom is 0.244 e. The molecule has 0 radical (unpaired) electrons. The number of hydrogen-bond acceptors (Lipinski definition) is 5. The molecule has 2 N–H and O–H groups in total. The van der Waals surface area contributed by atoms with Crippen LogP contribution in [0.5, 0.6) is 5.75 Å². The fraction of sp³-hybridized carbons (Fsp3) is 0.529. The van der Waals surface area contributed by atoms with Crippen molar-refractivity contribution < 1.29 is 23.1 Å². The quantitative estimate of drug-likeness (QED) is 0.773. The van der Waals surface area contributed by atoms with Gasteiger partial charge in [0.25, 0.3) is 0 Å². The summed E-state index contributed by atoms with van der Waals surface area (Å²) < 4.78 is 23.9. The predicted molar refractivity (Wildman–Crippen MR) is 94.1 cm³/mol. The smallest absolute Gasteiger partial charge is 0.244 e. The molecule has 138 valence electrons. The molecule has 0 aromatic heterocycles. The number of anilines is 1. The lowest BCUT2D eigenvalue weighted by Gasteiger charge is -2.24. The molecule has 2 rings (SSSR count). The number of aromatic hydroxyl groups is 1. The Labute approximate surface area is 147 Å². The fourth-order valence-corrected chi connectivity index (χ4v) is 3.63. The van der Waals surface area contributed by atoms with E-state index in [1.807, 2.05) is 0 Å². The molecule has 7 nitrogen and oxygen atoms in total. The van der Waals surface area contributed by atoms with Crippen LogP contribution in [-0.4, -0.2) is 49.1 Å². The molecule has 0 unspecified atom stereocenters. The van der Waals surface area contributed by atoms with Crippen molar-refractivity contribution in [2.75, 3.05) is 24.2 Å². The third kappa shape index (κ3) is 5.19. The Morgan fingerprint density at radius 1 is 1.24 bits per heavy atom. The molecule has 2 amide bonds. The van der Waals surface area contributed by atoms with Gasteiger partial charge >= 0.3 is 0 Å². The van der Waals surface area contributed by atoms with E-state index in [4.69, 9.17) is 0 Å². The third-order valence-corrected chi connectivity index (χ3v) is 5.97. The van der Waals surface area contributed by atoms with E-state index in [-0.39, 0.29) is 34.5 Å². The van der Waals surface area contributed by atoms with Crippen molar-refractivity contribution in [2.24, 2.45) is 0 Å². The van der Waals surface area contributed by atoms with Crippen LogP contribution in [0.2, 0.25) is 0 Å². The predicted octanol–water partition coefficient (Wildman–Crippen LogP) is 1.92. The molecule has 0 atom stereocenters. The van der Waals surface area contributed by atoms with Gasteiger partial charge in [-0.05, 0) is 31.0 Å². The van der Waals surface area contributed by atoms with Gasteiger partial charge in [0.2, 0.25) is 11.8 Å². The lowest BCUT2D eigenvalue weighted by molar-refractivity contribution is -0.135. The van der Waals surface area contributed by atoms with Gasteiger partial charge in [0.15, 0.2) is 9.84 Å². The lowest BCUT2D eigenvalue weighted by Crippen LogP contribution is -2.39. The minimum absolute atomic E-state index is 0.0269. The lowest BCUT2D eigenvalue weighted by atomic mass is 10.1. The van der Waals surface area contributed by atoms with Crippen molar-refractivity contribution in [1.82, 2.24) is 4.90 Å². The summed E-state index contributed by atoms with van der Waals surface area (Å²) in [6.07, 6.45) is 4.17. The molecule has 0 bridgehead atoms. The number of carbonyl (C=O) groups is 2. The monoisotopic (exact) mass is 368 g/mol. The largest absolute Gasteiger partial charge is 0.506 e. The van der Waals surface area contributed by atoms with Gasteiger partial charge in [-0.15, -0.1) is 0 Å². The highest BCUT2D eigenvalue weighted by molar-refractivity contribution is 7.91. The van der Waals surface area contributed by atoms with Gasteiger partial charge in [0, 0.05) is 13.0 Å². The van der Waals surface area contributed by atoms with Crippen LogP contribution in [0.1, 0.15) is 39.0 Å². The van der Waals surface area contributed by atoms with Gasteiger partial charge in [0.1, 0.15) is 5.75 Å². The van der Waals surface area contributed by atoms with Crippen LogP contribution in [0.25, 0.3) is 0 Å². The molecule has 0 aliphatic carbocycles. The number of rotatable bonds is 5. The van der Waals surface area contributed by atoms with Crippen LogP contribution in [0.15, 0.2) is 23.1 Å². The average Bonchev–Trinajstić information content (AvgIpc) is 2.56. The first-order chi connectivity index (χ1) is 11.8. The van der Waals surface area contributed by atoms with Crippen molar-refractivity contribution in [3.8, 4) is 5.75 Å². The van der Waals surface area contributed by atoms with Gasteiger partial charge in [-0.1, -0.05) is 19.8 Å². The van der Waals surface area contributed by atoms with Crippen molar-refractivity contribution in [1.29, 1.82) is 0 Å². The van der Waals surface area contributed by atoms with Crippen molar-refractivity contribution in [2.45, 2.75) is 43.9 Å². The SMILES string of the molecule is CCS(=O)(=O)c1ccc(O)c(NC(=O)CN2CCCCCCC2=O)c1. The molecule has 1 aliphatic heterocycles. The molecule has 8 heteroatoms. The zero-order valence-corrected chi connectivity index (χ0v) is 15.1. The van der Waals surface area contributed by atoms with Crippen LogP contribution in [-0.2, 0) is 19.4 Å². The van der Waals surface area contributed by atoms with E-state index in [0.29, 0.717) is 13.0 Å². The summed E-state index contributed by atoms with van der Waals surface area (Å²) in [7, 11) is -3.45. The first kappa shape index (κ1) is 19.2. The Hall–Kier alpha value is -2.09. The third-order valence-electron chi connectivity index (χ3n) is 4.24. The maximum absolute atomic E-state index is 12.2. The van der Waals surface area contributed by atoms with Crippen LogP contribution in [0.4, 0.5) is 5.69 Å². The Morgan fingerprint density at radius 3 is 2.68 bits per heavy atom. The first-order valence-corrected chi connectivity index (χ1v) is 10.1. The summed E-state index contributed by atoms with van der Waals surface area (Å²) >= 11 is 0. The van der Waals surface area contributed by atoms with Gasteiger partial charge in [-0.2, -0.15) is 0 Å². The number of phenols is 1. The van der Waals surface area contributed by atoms with E-state index in [9.17, 15) is 23.1 Å². The number of amides is 2. The van der Waals surface area contributed by atoms with Crippen molar-refractivity contribution >= 4 is 27.3 Å². The second-order valence-corrected chi connectivity index (χ2v) is 8.39. The zero-order chi connectivity index (χ0) is 18.4. The number of likely N-dealkylation sites (tertiary alicyclic amines) is 1. The molecule has 1 aromatic rings. The van der Waals surface area contributed by atoms with E-state index >= 15 is 0 Å². The average molecular weight is 368 g/mol. The summed E-state index contributed by atoms with van der Waals surface area (Å²) in [4.78, 5) is 25.9. The molecular formula is C17H24N2O5S. The highest BCUT2D eigenvalue weighted by atomic mass is 32.2. The van der Waals surface area contributed by atoms with E-state index in [2.05, 4.69) is 5.32 Å². The number of nitrogens with zero attached hydrogens (tertiary/aromatic N) is 1. The molecule has 0 saturated carbocycles. The highest BCUT2D eigenvalue weighted by Crippen LogP contribution is 2.27. The van der Waals surface area contributed by atoms with Crippen LogP contribution < -0.4 is 5.32 Å². The van der Waals surface area contributed by atoms with Gasteiger partial charge < -0.3 is 15.3 Å². The summed E-state index contributed by atoms with van der Waals surface area (Å²) in [6, 6.07) is 3.77. The van der Waals surface area contributed by atoms with Crippen LogP contribution in [0, 0.1) is 0 Å². The van der Waals surface area contributed by atoms with Crippen LogP contribution >= 0.6 is 0 Å². The van der Waals surface area contributed by atoms with Gasteiger partial charge in [0.05, 0.1) is 22.9 Å². The minimum atomic E-state index is -3.45. The summed E-state index contributed by atoms with van der Waals surface area (Å²) in [6.45, 7) is 1.94. The van der Waals surface area contributed by atoms with E-state index < -0.39 is 15.7 Å². The Kier molecular flexibility index (Phi) is 6.41. The molecular weight excluding hydrogens is 344 g/mol. The first-order valence-electron chi connectivity index (χ1n) is 8.47. The van der Waals surface area contributed by atoms with Gasteiger partial charge in [-0.3, -0.25) is 9.59 Å². The van der Waals surface area contributed by atoms with E-state index in [1.165, 1.54) is 30.0 Å². The topological polar surface area (TPSA) is 104 Å². The number of sulfone groups is 1. The normalized spacial score (nSPS) is 16.2. The molecule has 1 aliphatic rings. The van der Waals surface area contributed by atoms with E-state index in [1.54, 1.807) is 0 Å². The standard InChI is InChI=1S/C17H24N2O5S/c1-2-25(23,24)13-8-9-15(20)14(11-13)18-16(21)12-19-10-6-4-3-5-7-17(19)22/h8-9,11,20H,2-7,10,12H2,1H3,(H,18,21). The van der Waals surface area contributed by atoms with E-state index in [0.717, 1.165) is 25.7 Å². The number of carbonyl (C=O) groups excluding carboxylic acids is 2. The fourth-order valence-electron chi connectivity index (χ4n) is 2.72. The second-order valence-electron chi connectivity index (χ2n) is 6.11.